The first-order valence-corrected chi connectivity index (χ1v) is 14.2. The van der Waals surface area contributed by atoms with Crippen LogP contribution in [0.5, 0.6) is 5.75 Å². The van der Waals surface area contributed by atoms with Crippen molar-refractivity contribution in [1.82, 2.24) is 4.90 Å². The molecule has 0 saturated carbocycles. The van der Waals surface area contributed by atoms with Crippen LogP contribution in [0.15, 0.2) is 72.8 Å². The lowest BCUT2D eigenvalue weighted by atomic mass is 9.97. The highest BCUT2D eigenvalue weighted by Gasteiger charge is 2.32. The van der Waals surface area contributed by atoms with Crippen molar-refractivity contribution >= 4 is 23.4 Å². The van der Waals surface area contributed by atoms with Gasteiger partial charge in [0.25, 0.3) is 0 Å². The van der Waals surface area contributed by atoms with Crippen LogP contribution in [0.2, 0.25) is 0 Å². The molecule has 2 amide bonds. The average molecular weight is 528 g/mol. The zero-order valence-electron chi connectivity index (χ0n) is 23.7. The molecule has 1 atom stereocenters. The Morgan fingerprint density at radius 1 is 0.974 bits per heavy atom. The summed E-state index contributed by atoms with van der Waals surface area (Å²) in [5, 5.41) is 2.82. The first kappa shape index (κ1) is 28.2. The Bertz CT molecular complexity index is 1230. The van der Waals surface area contributed by atoms with Gasteiger partial charge in [0.2, 0.25) is 5.91 Å². The molecule has 0 bridgehead atoms. The number of nitrogens with zero attached hydrogens (tertiary/aromatic N) is 2. The van der Waals surface area contributed by atoms with Gasteiger partial charge in [-0.1, -0.05) is 70.2 Å². The normalized spacial score (nSPS) is 14.3. The zero-order chi connectivity index (χ0) is 27.8. The van der Waals surface area contributed by atoms with E-state index in [0.717, 1.165) is 50.3 Å². The Labute approximate surface area is 233 Å². The second kappa shape index (κ2) is 13.3. The maximum atomic E-state index is 13.3. The van der Waals surface area contributed by atoms with E-state index < -0.39 is 6.09 Å². The lowest BCUT2D eigenvalue weighted by Gasteiger charge is -2.24. The molecule has 0 spiro atoms. The van der Waals surface area contributed by atoms with Gasteiger partial charge in [-0.05, 0) is 65.8 Å². The van der Waals surface area contributed by atoms with E-state index in [1.54, 1.807) is 0 Å². The lowest BCUT2D eigenvalue weighted by molar-refractivity contribution is -0.131. The van der Waals surface area contributed by atoms with Crippen LogP contribution in [-0.2, 0) is 11.3 Å². The zero-order valence-corrected chi connectivity index (χ0v) is 23.7. The monoisotopic (exact) mass is 527 g/mol. The number of rotatable bonds is 11. The molecule has 1 unspecified atom stereocenters. The Hall–Kier alpha value is -3.80. The summed E-state index contributed by atoms with van der Waals surface area (Å²) < 4.78 is 5.69. The van der Waals surface area contributed by atoms with Crippen molar-refractivity contribution in [2.24, 2.45) is 0 Å². The maximum Gasteiger partial charge on any atom is 0.417 e. The predicted octanol–water partition coefficient (Wildman–Crippen LogP) is 7.56. The predicted molar refractivity (Wildman–Crippen MR) is 159 cm³/mol. The number of ether oxygens (including phenoxy) is 1. The quantitative estimate of drug-likeness (QED) is 0.279. The van der Waals surface area contributed by atoms with Crippen LogP contribution in [0, 0.1) is 0 Å². The van der Waals surface area contributed by atoms with Crippen LogP contribution in [0.1, 0.15) is 75.5 Å². The van der Waals surface area contributed by atoms with Crippen LogP contribution in [-0.4, -0.2) is 36.5 Å². The molecule has 206 valence electrons. The molecule has 1 aliphatic rings. The van der Waals surface area contributed by atoms with Gasteiger partial charge in [0.1, 0.15) is 5.75 Å². The van der Waals surface area contributed by atoms with Crippen molar-refractivity contribution in [2.75, 3.05) is 29.9 Å². The van der Waals surface area contributed by atoms with Gasteiger partial charge >= 0.3 is 6.09 Å². The van der Waals surface area contributed by atoms with E-state index in [9.17, 15) is 9.59 Å². The molecule has 1 heterocycles. The van der Waals surface area contributed by atoms with Crippen molar-refractivity contribution in [1.29, 1.82) is 0 Å². The van der Waals surface area contributed by atoms with E-state index in [-0.39, 0.29) is 11.8 Å². The fraction of sp³-hybridized carbons (Fsp3) is 0.394. The van der Waals surface area contributed by atoms with Crippen LogP contribution < -0.4 is 15.0 Å². The molecule has 39 heavy (non-hydrogen) atoms. The molecule has 3 aromatic carbocycles. The Morgan fingerprint density at radius 3 is 2.31 bits per heavy atom. The summed E-state index contributed by atoms with van der Waals surface area (Å²) in [6.07, 6.45) is 1.80. The molecule has 6 nitrogen and oxygen atoms in total. The molecular formula is C33H41N3O3. The molecule has 0 saturated heterocycles. The number of carbonyl (C=O) groups excluding carboxylic acids is 2. The fourth-order valence-electron chi connectivity index (χ4n) is 5.24. The van der Waals surface area contributed by atoms with Gasteiger partial charge < -0.3 is 14.5 Å². The summed E-state index contributed by atoms with van der Waals surface area (Å²) >= 11 is 0. The van der Waals surface area contributed by atoms with E-state index >= 15 is 0 Å². The molecule has 1 aliphatic heterocycles. The summed E-state index contributed by atoms with van der Waals surface area (Å²) in [5.74, 6) is 1.12. The maximum absolute atomic E-state index is 13.3. The Morgan fingerprint density at radius 2 is 1.67 bits per heavy atom. The fourth-order valence-corrected chi connectivity index (χ4v) is 5.24. The van der Waals surface area contributed by atoms with Crippen molar-refractivity contribution < 1.29 is 14.3 Å². The van der Waals surface area contributed by atoms with Gasteiger partial charge in [0, 0.05) is 49.9 Å². The number of nitrogens with one attached hydrogen (secondary N) is 1. The first-order chi connectivity index (χ1) is 18.9. The summed E-state index contributed by atoms with van der Waals surface area (Å²) in [7, 11) is 0. The molecule has 0 aliphatic carbocycles. The van der Waals surface area contributed by atoms with Gasteiger partial charge in [0.15, 0.2) is 0 Å². The molecule has 6 heteroatoms. The number of hydrogen-bond acceptors (Lipinski definition) is 4. The Kier molecular flexibility index (Phi) is 9.64. The van der Waals surface area contributed by atoms with Gasteiger partial charge in [-0.25, -0.2) is 4.79 Å². The highest BCUT2D eigenvalue weighted by molar-refractivity contribution is 5.86. The number of benzene rings is 3. The van der Waals surface area contributed by atoms with Gasteiger partial charge in [0.05, 0.1) is 0 Å². The highest BCUT2D eigenvalue weighted by Crippen LogP contribution is 2.41. The number of fused-ring (bicyclic) bond motifs is 1. The molecule has 1 N–H and O–H groups in total. The minimum atomic E-state index is -0.531. The number of carbonyl (C=O) groups is 2. The second-order valence-electron chi connectivity index (χ2n) is 10.7. The largest absolute Gasteiger partial charge is 0.417 e. The SMILES string of the molecule is CCCN(CCC)C(=O)CC1CN(Cc2ccccc2)c2ccc(OC(=O)Nc3ccc(C(C)C)cc3)cc21. The van der Waals surface area contributed by atoms with Gasteiger partial charge in [-0.15, -0.1) is 0 Å². The average Bonchev–Trinajstić information content (AvgIpc) is 3.25. The van der Waals surface area contributed by atoms with E-state index in [1.807, 2.05) is 65.6 Å². The number of anilines is 2. The van der Waals surface area contributed by atoms with E-state index in [1.165, 1.54) is 11.1 Å². The van der Waals surface area contributed by atoms with Crippen molar-refractivity contribution in [3.63, 3.8) is 0 Å². The van der Waals surface area contributed by atoms with Crippen LogP contribution in [0.4, 0.5) is 16.2 Å². The van der Waals surface area contributed by atoms with Crippen molar-refractivity contribution in [3.8, 4) is 5.75 Å². The van der Waals surface area contributed by atoms with Crippen molar-refractivity contribution in [3.05, 3.63) is 89.5 Å². The molecular weight excluding hydrogens is 486 g/mol. The smallest absolute Gasteiger partial charge is 0.410 e. The van der Waals surface area contributed by atoms with Crippen LogP contribution >= 0.6 is 0 Å². The van der Waals surface area contributed by atoms with E-state index in [2.05, 4.69) is 50.0 Å². The molecule has 0 aromatic heterocycles. The summed E-state index contributed by atoms with van der Waals surface area (Å²) in [6.45, 7) is 11.6. The third kappa shape index (κ3) is 7.41. The summed E-state index contributed by atoms with van der Waals surface area (Å²) in [5.41, 5.74) is 5.27. The number of amides is 2. The third-order valence-corrected chi connectivity index (χ3v) is 7.23. The minimum absolute atomic E-state index is 0.0302. The Balaban J connectivity index is 1.52. The molecule has 3 aromatic rings. The summed E-state index contributed by atoms with van der Waals surface area (Å²) in [6, 6.07) is 24.0. The lowest BCUT2D eigenvalue weighted by Crippen LogP contribution is -2.34. The minimum Gasteiger partial charge on any atom is -0.410 e. The molecule has 4 rings (SSSR count). The molecule has 0 fully saturated rings. The standard InChI is InChI=1S/C33H41N3O3/c1-5-18-35(19-6-2)32(37)20-27-23-36(22-25-10-8-7-9-11-25)31-17-16-29(21-30(27)31)39-33(38)34-28-14-12-26(13-15-28)24(3)4/h7-17,21,24,27H,5-6,18-20,22-23H2,1-4H3,(H,34,38). The first-order valence-electron chi connectivity index (χ1n) is 14.2. The van der Waals surface area contributed by atoms with Crippen molar-refractivity contribution in [2.45, 2.75) is 65.3 Å². The van der Waals surface area contributed by atoms with E-state index in [0.29, 0.717) is 23.8 Å². The third-order valence-electron chi connectivity index (χ3n) is 7.23. The topological polar surface area (TPSA) is 61.9 Å². The number of hydrogen-bond donors (Lipinski definition) is 1. The van der Waals surface area contributed by atoms with Crippen LogP contribution in [0.3, 0.4) is 0 Å². The summed E-state index contributed by atoms with van der Waals surface area (Å²) in [4.78, 5) is 30.3. The van der Waals surface area contributed by atoms with Crippen LogP contribution in [0.25, 0.3) is 0 Å². The van der Waals surface area contributed by atoms with E-state index in [4.69, 9.17) is 4.74 Å². The highest BCUT2D eigenvalue weighted by atomic mass is 16.6. The second-order valence-corrected chi connectivity index (χ2v) is 10.7. The molecule has 0 radical (unpaired) electrons. The van der Waals surface area contributed by atoms with Gasteiger partial charge in [-0.2, -0.15) is 0 Å². The van der Waals surface area contributed by atoms with Gasteiger partial charge in [-0.3, -0.25) is 10.1 Å².